The Bertz CT molecular complexity index is 523. The van der Waals surface area contributed by atoms with Crippen molar-refractivity contribution >= 4 is 11.7 Å². The van der Waals surface area contributed by atoms with Gasteiger partial charge in [-0.15, -0.1) is 0 Å². The van der Waals surface area contributed by atoms with E-state index in [2.05, 4.69) is 10.1 Å². The van der Waals surface area contributed by atoms with Gasteiger partial charge in [0, 0.05) is 13.0 Å². The van der Waals surface area contributed by atoms with E-state index in [0.29, 0.717) is 5.78 Å². The number of aromatic nitrogens is 4. The van der Waals surface area contributed by atoms with Gasteiger partial charge in [0.15, 0.2) is 5.69 Å². The fraction of sp³-hybridized carbons (Fsp3) is 0.444. The monoisotopic (exact) mass is 208 g/mol. The predicted octanol–water partition coefficient (Wildman–Crippen LogP) is 0.889. The van der Waals surface area contributed by atoms with Crippen molar-refractivity contribution in [3.8, 4) is 0 Å². The quantitative estimate of drug-likeness (QED) is 0.795. The Kier molecular flexibility index (Phi) is 1.99. The molecule has 6 heteroatoms. The number of fused-ring (bicyclic) bond motifs is 1. The summed E-state index contributed by atoms with van der Waals surface area (Å²) < 4.78 is 3.16. The molecule has 0 saturated heterocycles. The molecule has 0 saturated carbocycles. The number of rotatable bonds is 2. The molecule has 2 rings (SSSR count). The van der Waals surface area contributed by atoms with Crippen molar-refractivity contribution in [3.05, 3.63) is 17.7 Å². The fourth-order valence-corrected chi connectivity index (χ4v) is 1.58. The standard InChI is InChI=1S/C9H12N4O2/c1-5(2)7-11-13-6(8(14)15)4-10-9(13)12(7)3/h4-5H,1-3H3,(H,14,15). The molecule has 15 heavy (non-hydrogen) atoms. The molecule has 0 aromatic carbocycles. The van der Waals surface area contributed by atoms with E-state index in [9.17, 15) is 4.79 Å². The average molecular weight is 208 g/mol. The molecule has 0 amide bonds. The van der Waals surface area contributed by atoms with Crippen LogP contribution in [0.15, 0.2) is 6.20 Å². The van der Waals surface area contributed by atoms with Crippen molar-refractivity contribution in [2.24, 2.45) is 7.05 Å². The summed E-state index contributed by atoms with van der Waals surface area (Å²) in [6.45, 7) is 4.00. The maximum absolute atomic E-state index is 10.9. The summed E-state index contributed by atoms with van der Waals surface area (Å²) in [5, 5.41) is 13.1. The number of nitrogens with zero attached hydrogens (tertiary/aromatic N) is 4. The van der Waals surface area contributed by atoms with Gasteiger partial charge in [-0.25, -0.2) is 9.78 Å². The van der Waals surface area contributed by atoms with E-state index >= 15 is 0 Å². The lowest BCUT2D eigenvalue weighted by Gasteiger charge is -2.01. The second-order valence-corrected chi connectivity index (χ2v) is 3.73. The van der Waals surface area contributed by atoms with Crippen molar-refractivity contribution < 1.29 is 9.90 Å². The third-order valence-corrected chi connectivity index (χ3v) is 2.30. The van der Waals surface area contributed by atoms with Crippen LogP contribution >= 0.6 is 0 Å². The van der Waals surface area contributed by atoms with Gasteiger partial charge in [-0.3, -0.25) is 4.57 Å². The maximum Gasteiger partial charge on any atom is 0.356 e. The first kappa shape index (κ1) is 9.70. The van der Waals surface area contributed by atoms with Crippen LogP contribution < -0.4 is 0 Å². The molecule has 0 aliphatic rings. The van der Waals surface area contributed by atoms with E-state index in [4.69, 9.17) is 5.11 Å². The van der Waals surface area contributed by atoms with Gasteiger partial charge in [0.05, 0.1) is 6.20 Å². The van der Waals surface area contributed by atoms with Crippen molar-refractivity contribution in [2.45, 2.75) is 19.8 Å². The third kappa shape index (κ3) is 1.29. The van der Waals surface area contributed by atoms with Gasteiger partial charge in [0.25, 0.3) is 0 Å². The zero-order valence-corrected chi connectivity index (χ0v) is 8.80. The predicted molar refractivity (Wildman–Crippen MR) is 53.0 cm³/mol. The fourth-order valence-electron chi connectivity index (χ4n) is 1.58. The summed E-state index contributed by atoms with van der Waals surface area (Å²) >= 11 is 0. The number of aromatic carboxylic acids is 1. The Morgan fingerprint density at radius 2 is 2.20 bits per heavy atom. The summed E-state index contributed by atoms with van der Waals surface area (Å²) in [4.78, 5) is 14.9. The van der Waals surface area contributed by atoms with E-state index in [0.717, 1.165) is 5.82 Å². The van der Waals surface area contributed by atoms with Crippen LogP contribution in [0.1, 0.15) is 36.1 Å². The highest BCUT2D eigenvalue weighted by atomic mass is 16.4. The van der Waals surface area contributed by atoms with E-state index in [1.807, 2.05) is 20.9 Å². The summed E-state index contributed by atoms with van der Waals surface area (Å²) in [6, 6.07) is 0. The molecule has 0 fully saturated rings. The molecular formula is C9H12N4O2. The zero-order chi connectivity index (χ0) is 11.2. The Morgan fingerprint density at radius 3 is 2.73 bits per heavy atom. The van der Waals surface area contributed by atoms with E-state index in [-0.39, 0.29) is 11.6 Å². The smallest absolute Gasteiger partial charge is 0.356 e. The van der Waals surface area contributed by atoms with Gasteiger partial charge in [0.2, 0.25) is 5.78 Å². The molecule has 2 heterocycles. The van der Waals surface area contributed by atoms with Crippen LogP contribution in [0.3, 0.4) is 0 Å². The van der Waals surface area contributed by atoms with E-state index in [1.54, 1.807) is 4.57 Å². The van der Waals surface area contributed by atoms with Gasteiger partial charge in [-0.05, 0) is 0 Å². The number of hydrogen-bond acceptors (Lipinski definition) is 3. The largest absolute Gasteiger partial charge is 0.476 e. The average Bonchev–Trinajstić information content (AvgIpc) is 2.66. The topological polar surface area (TPSA) is 72.4 Å². The Labute approximate surface area is 86.2 Å². The highest BCUT2D eigenvalue weighted by Gasteiger charge is 2.18. The molecule has 2 aromatic heterocycles. The van der Waals surface area contributed by atoms with Gasteiger partial charge in [-0.1, -0.05) is 13.8 Å². The molecule has 0 aliphatic heterocycles. The highest BCUT2D eigenvalue weighted by Crippen LogP contribution is 2.15. The SMILES string of the molecule is CC(C)c1nn2c(C(=O)O)cnc2n1C. The summed E-state index contributed by atoms with van der Waals surface area (Å²) in [5.74, 6) is 0.589. The lowest BCUT2D eigenvalue weighted by atomic mass is 10.2. The van der Waals surface area contributed by atoms with Crippen LogP contribution in [0.5, 0.6) is 0 Å². The van der Waals surface area contributed by atoms with Crippen LogP contribution in [0.4, 0.5) is 0 Å². The van der Waals surface area contributed by atoms with Crippen molar-refractivity contribution in [1.82, 2.24) is 19.2 Å². The van der Waals surface area contributed by atoms with Gasteiger partial charge >= 0.3 is 5.97 Å². The molecule has 80 valence electrons. The number of imidazole rings is 1. The molecule has 0 bridgehead atoms. The summed E-state index contributed by atoms with van der Waals surface area (Å²) in [5.41, 5.74) is 0.0903. The van der Waals surface area contributed by atoms with Crippen molar-refractivity contribution in [3.63, 3.8) is 0 Å². The number of carboxylic acid groups (broad SMARTS) is 1. The number of carboxylic acids is 1. The minimum absolute atomic E-state index is 0.0903. The molecule has 0 spiro atoms. The van der Waals surface area contributed by atoms with Gasteiger partial charge in [0.1, 0.15) is 5.82 Å². The van der Waals surface area contributed by atoms with Crippen molar-refractivity contribution in [2.75, 3.05) is 0 Å². The molecule has 2 aromatic rings. The van der Waals surface area contributed by atoms with Crippen LogP contribution in [0.2, 0.25) is 0 Å². The minimum Gasteiger partial charge on any atom is -0.476 e. The highest BCUT2D eigenvalue weighted by molar-refractivity contribution is 5.86. The van der Waals surface area contributed by atoms with Crippen LogP contribution in [0.25, 0.3) is 5.78 Å². The normalized spacial score (nSPS) is 11.5. The van der Waals surface area contributed by atoms with Crippen LogP contribution in [-0.2, 0) is 7.05 Å². The zero-order valence-electron chi connectivity index (χ0n) is 8.80. The minimum atomic E-state index is -1.02. The summed E-state index contributed by atoms with van der Waals surface area (Å²) in [6.07, 6.45) is 1.31. The summed E-state index contributed by atoms with van der Waals surface area (Å²) in [7, 11) is 1.83. The second-order valence-electron chi connectivity index (χ2n) is 3.73. The molecule has 1 N–H and O–H groups in total. The lowest BCUT2D eigenvalue weighted by molar-refractivity contribution is 0.0688. The maximum atomic E-state index is 10.9. The molecule has 0 unspecified atom stereocenters. The van der Waals surface area contributed by atoms with E-state index < -0.39 is 5.97 Å². The van der Waals surface area contributed by atoms with Crippen LogP contribution in [0, 0.1) is 0 Å². The van der Waals surface area contributed by atoms with Gasteiger partial charge in [-0.2, -0.15) is 9.61 Å². The van der Waals surface area contributed by atoms with Crippen molar-refractivity contribution in [1.29, 1.82) is 0 Å². The first-order chi connectivity index (χ1) is 7.02. The molecule has 0 atom stereocenters. The van der Waals surface area contributed by atoms with E-state index in [1.165, 1.54) is 10.7 Å². The third-order valence-electron chi connectivity index (χ3n) is 2.30. The lowest BCUT2D eigenvalue weighted by Crippen LogP contribution is -2.03. The molecule has 0 aliphatic carbocycles. The first-order valence-electron chi connectivity index (χ1n) is 4.66. The van der Waals surface area contributed by atoms with Crippen LogP contribution in [-0.4, -0.2) is 30.2 Å². The molecule has 0 radical (unpaired) electrons. The Balaban J connectivity index is 2.72. The Morgan fingerprint density at radius 1 is 1.53 bits per heavy atom. The second kappa shape index (κ2) is 3.08. The first-order valence-corrected chi connectivity index (χ1v) is 4.66. The van der Waals surface area contributed by atoms with Gasteiger partial charge < -0.3 is 5.11 Å². The number of carbonyl (C=O) groups is 1. The number of hydrogen-bond donors (Lipinski definition) is 1. The number of aryl methyl sites for hydroxylation is 1. The Hall–Kier alpha value is -1.85. The molecular weight excluding hydrogens is 196 g/mol. The molecule has 6 nitrogen and oxygen atoms in total.